The van der Waals surface area contributed by atoms with Gasteiger partial charge in [0, 0.05) is 29.9 Å². The quantitative estimate of drug-likeness (QED) is 0.907. The summed E-state index contributed by atoms with van der Waals surface area (Å²) in [4.78, 5) is 2.07. The SMILES string of the molecule is CN(Cc1ccoc1)c1ccc(CO)c(Cl)c1. The minimum atomic E-state index is -0.0371. The average molecular weight is 252 g/mol. The van der Waals surface area contributed by atoms with Gasteiger partial charge in [-0.05, 0) is 23.8 Å². The van der Waals surface area contributed by atoms with Crippen LogP contribution in [0.5, 0.6) is 0 Å². The topological polar surface area (TPSA) is 36.6 Å². The lowest BCUT2D eigenvalue weighted by molar-refractivity contribution is 0.282. The number of halogens is 1. The van der Waals surface area contributed by atoms with E-state index >= 15 is 0 Å². The minimum absolute atomic E-state index is 0.0371. The van der Waals surface area contributed by atoms with Crippen LogP contribution in [0.1, 0.15) is 11.1 Å². The molecular formula is C13H14ClNO2. The van der Waals surface area contributed by atoms with Crippen molar-refractivity contribution in [3.05, 3.63) is 52.9 Å². The second kappa shape index (κ2) is 5.25. The summed E-state index contributed by atoms with van der Waals surface area (Å²) in [5.74, 6) is 0. The van der Waals surface area contributed by atoms with Crippen LogP contribution in [0.25, 0.3) is 0 Å². The smallest absolute Gasteiger partial charge is 0.0952 e. The first-order chi connectivity index (χ1) is 8.20. The van der Waals surface area contributed by atoms with Crippen molar-refractivity contribution in [3.63, 3.8) is 0 Å². The maximum atomic E-state index is 9.04. The van der Waals surface area contributed by atoms with Gasteiger partial charge >= 0.3 is 0 Å². The van der Waals surface area contributed by atoms with Gasteiger partial charge < -0.3 is 14.4 Å². The number of benzene rings is 1. The molecule has 1 aromatic heterocycles. The van der Waals surface area contributed by atoms with E-state index in [9.17, 15) is 0 Å². The van der Waals surface area contributed by atoms with Gasteiger partial charge in [-0.2, -0.15) is 0 Å². The van der Waals surface area contributed by atoms with Crippen molar-refractivity contribution in [2.45, 2.75) is 13.2 Å². The van der Waals surface area contributed by atoms with Crippen molar-refractivity contribution in [1.29, 1.82) is 0 Å². The fraction of sp³-hybridized carbons (Fsp3) is 0.231. The molecule has 1 N–H and O–H groups in total. The van der Waals surface area contributed by atoms with E-state index in [0.29, 0.717) is 5.02 Å². The summed E-state index contributed by atoms with van der Waals surface area (Å²) < 4.78 is 5.03. The molecule has 2 rings (SSSR count). The van der Waals surface area contributed by atoms with E-state index in [-0.39, 0.29) is 6.61 Å². The van der Waals surface area contributed by atoms with Gasteiger partial charge in [-0.25, -0.2) is 0 Å². The molecule has 1 heterocycles. The third-order valence-electron chi connectivity index (χ3n) is 2.65. The molecule has 2 aromatic rings. The molecule has 0 atom stereocenters. The Morgan fingerprint density at radius 3 is 2.76 bits per heavy atom. The Hall–Kier alpha value is -1.45. The van der Waals surface area contributed by atoms with E-state index in [1.165, 1.54) is 0 Å². The number of hydrogen-bond donors (Lipinski definition) is 1. The van der Waals surface area contributed by atoms with Crippen LogP contribution in [-0.2, 0) is 13.2 Å². The van der Waals surface area contributed by atoms with Gasteiger partial charge in [-0.15, -0.1) is 0 Å². The number of furan rings is 1. The Bertz CT molecular complexity index is 482. The van der Waals surface area contributed by atoms with Crippen molar-refractivity contribution >= 4 is 17.3 Å². The Labute approximate surface area is 105 Å². The molecule has 0 amide bonds. The van der Waals surface area contributed by atoms with Crippen molar-refractivity contribution in [2.75, 3.05) is 11.9 Å². The van der Waals surface area contributed by atoms with Crippen LogP contribution in [0.4, 0.5) is 5.69 Å². The molecule has 0 unspecified atom stereocenters. The monoisotopic (exact) mass is 251 g/mol. The van der Waals surface area contributed by atoms with Crippen molar-refractivity contribution < 1.29 is 9.52 Å². The molecule has 4 heteroatoms. The Morgan fingerprint density at radius 2 is 2.18 bits per heavy atom. The first-order valence-corrected chi connectivity index (χ1v) is 5.70. The van der Waals surface area contributed by atoms with Gasteiger partial charge in [-0.3, -0.25) is 0 Å². The normalized spacial score (nSPS) is 10.5. The first-order valence-electron chi connectivity index (χ1n) is 5.32. The second-order valence-corrected chi connectivity index (χ2v) is 4.33. The average Bonchev–Trinajstić information content (AvgIpc) is 2.81. The molecule has 0 bridgehead atoms. The van der Waals surface area contributed by atoms with E-state index < -0.39 is 0 Å². The highest BCUT2D eigenvalue weighted by Gasteiger charge is 2.06. The molecule has 0 aliphatic heterocycles. The number of nitrogens with zero attached hydrogens (tertiary/aromatic N) is 1. The molecule has 17 heavy (non-hydrogen) atoms. The number of aliphatic hydroxyl groups is 1. The lowest BCUT2D eigenvalue weighted by atomic mass is 10.2. The Kier molecular flexibility index (Phi) is 3.71. The van der Waals surface area contributed by atoms with Crippen LogP contribution < -0.4 is 4.90 Å². The second-order valence-electron chi connectivity index (χ2n) is 3.92. The van der Waals surface area contributed by atoms with E-state index in [0.717, 1.165) is 23.4 Å². The molecule has 0 aliphatic rings. The number of aliphatic hydroxyl groups excluding tert-OH is 1. The molecule has 0 spiro atoms. The van der Waals surface area contributed by atoms with Gasteiger partial charge in [0.05, 0.1) is 19.1 Å². The van der Waals surface area contributed by atoms with Crippen molar-refractivity contribution in [2.24, 2.45) is 0 Å². The lowest BCUT2D eigenvalue weighted by Crippen LogP contribution is -2.15. The number of rotatable bonds is 4. The zero-order valence-electron chi connectivity index (χ0n) is 9.56. The van der Waals surface area contributed by atoms with Gasteiger partial charge in [-0.1, -0.05) is 17.7 Å². The molecule has 90 valence electrons. The van der Waals surface area contributed by atoms with Gasteiger partial charge in [0.1, 0.15) is 0 Å². The van der Waals surface area contributed by atoms with Crippen LogP contribution in [0.15, 0.2) is 41.2 Å². The van der Waals surface area contributed by atoms with Crippen LogP contribution in [0.3, 0.4) is 0 Å². The molecule has 0 aliphatic carbocycles. The fourth-order valence-corrected chi connectivity index (χ4v) is 1.88. The summed E-state index contributed by atoms with van der Waals surface area (Å²) in [5.41, 5.74) is 2.86. The third kappa shape index (κ3) is 2.81. The van der Waals surface area contributed by atoms with Gasteiger partial charge in [0.25, 0.3) is 0 Å². The van der Waals surface area contributed by atoms with Crippen LogP contribution >= 0.6 is 11.6 Å². The summed E-state index contributed by atoms with van der Waals surface area (Å²) >= 11 is 6.05. The summed E-state index contributed by atoms with van der Waals surface area (Å²) in [6.07, 6.45) is 3.38. The zero-order chi connectivity index (χ0) is 12.3. The van der Waals surface area contributed by atoms with E-state index in [1.54, 1.807) is 12.5 Å². The third-order valence-corrected chi connectivity index (χ3v) is 3.00. The standard InChI is InChI=1S/C13H14ClNO2/c1-15(7-10-4-5-17-9-10)12-3-2-11(8-16)13(14)6-12/h2-6,9,16H,7-8H2,1H3. The highest BCUT2D eigenvalue weighted by atomic mass is 35.5. The van der Waals surface area contributed by atoms with Gasteiger partial charge in [0.15, 0.2) is 0 Å². The van der Waals surface area contributed by atoms with Gasteiger partial charge in [0.2, 0.25) is 0 Å². The Balaban J connectivity index is 2.14. The first kappa shape index (κ1) is 12.0. The molecule has 0 saturated heterocycles. The molecule has 1 aromatic carbocycles. The number of hydrogen-bond acceptors (Lipinski definition) is 3. The molecular weight excluding hydrogens is 238 g/mol. The molecule has 0 saturated carbocycles. The largest absolute Gasteiger partial charge is 0.472 e. The minimum Gasteiger partial charge on any atom is -0.472 e. The highest BCUT2D eigenvalue weighted by Crippen LogP contribution is 2.24. The predicted molar refractivity (Wildman–Crippen MR) is 68.2 cm³/mol. The summed E-state index contributed by atoms with van der Waals surface area (Å²) in [5, 5.41) is 9.63. The molecule has 0 radical (unpaired) electrons. The van der Waals surface area contributed by atoms with Crippen LogP contribution in [0, 0.1) is 0 Å². The summed E-state index contributed by atoms with van der Waals surface area (Å²) in [6, 6.07) is 7.56. The lowest BCUT2D eigenvalue weighted by Gasteiger charge is -2.19. The molecule has 3 nitrogen and oxygen atoms in total. The Morgan fingerprint density at radius 1 is 1.35 bits per heavy atom. The van der Waals surface area contributed by atoms with Crippen LogP contribution in [0.2, 0.25) is 5.02 Å². The maximum absolute atomic E-state index is 9.04. The van der Waals surface area contributed by atoms with E-state index in [4.69, 9.17) is 21.1 Å². The number of anilines is 1. The maximum Gasteiger partial charge on any atom is 0.0952 e. The van der Waals surface area contributed by atoms with Crippen LogP contribution in [-0.4, -0.2) is 12.2 Å². The molecule has 0 fully saturated rings. The highest BCUT2D eigenvalue weighted by molar-refractivity contribution is 6.31. The van der Waals surface area contributed by atoms with Crippen molar-refractivity contribution in [1.82, 2.24) is 0 Å². The summed E-state index contributed by atoms with van der Waals surface area (Å²) in [6.45, 7) is 0.718. The van der Waals surface area contributed by atoms with Crippen molar-refractivity contribution in [3.8, 4) is 0 Å². The fourth-order valence-electron chi connectivity index (χ4n) is 1.65. The zero-order valence-corrected chi connectivity index (χ0v) is 10.3. The van der Waals surface area contributed by atoms with E-state index in [2.05, 4.69) is 4.90 Å². The summed E-state index contributed by atoms with van der Waals surface area (Å²) in [7, 11) is 1.98. The predicted octanol–water partition coefficient (Wildman–Crippen LogP) is 3.06. The van der Waals surface area contributed by atoms with E-state index in [1.807, 2.05) is 31.3 Å².